The molecule has 3 aromatic rings. The van der Waals surface area contributed by atoms with Crippen molar-refractivity contribution in [3.63, 3.8) is 0 Å². The average molecular weight is 259 g/mol. The molecule has 0 atom stereocenters. The molecule has 0 fully saturated rings. The van der Waals surface area contributed by atoms with Gasteiger partial charge in [-0.15, -0.1) is 11.3 Å². The van der Waals surface area contributed by atoms with Crippen molar-refractivity contribution in [2.45, 2.75) is 6.92 Å². The molecule has 0 N–H and O–H groups in total. The number of nitrogens with zero attached hydrogens (tertiary/aromatic N) is 1. The topological polar surface area (TPSA) is 21.5 Å². The number of thiazole rings is 1. The Kier molecular flexibility index (Phi) is 2.52. The summed E-state index contributed by atoms with van der Waals surface area (Å²) in [6.45, 7) is 1.87. The maximum absolute atomic E-state index is 13.7. The molecule has 2 aromatic heterocycles. The lowest BCUT2D eigenvalue weighted by Gasteiger charge is -2.04. The number of hydrogen-bond acceptors (Lipinski definition) is 2. The molecule has 3 rings (SSSR count). The van der Waals surface area contributed by atoms with E-state index in [2.05, 4.69) is 0 Å². The van der Waals surface area contributed by atoms with Crippen molar-refractivity contribution in [1.29, 1.82) is 0 Å². The number of pyridine rings is 1. The quantitative estimate of drug-likeness (QED) is 0.655. The summed E-state index contributed by atoms with van der Waals surface area (Å²) in [6.07, 6.45) is 0. The Morgan fingerprint density at radius 1 is 1.11 bits per heavy atom. The van der Waals surface area contributed by atoms with Gasteiger partial charge >= 0.3 is 0 Å². The highest BCUT2D eigenvalue weighted by atomic mass is 32.1. The lowest BCUT2D eigenvalue weighted by molar-refractivity contribution is 0.631. The summed E-state index contributed by atoms with van der Waals surface area (Å²) in [5, 5.41) is 1.92. The zero-order valence-electron chi connectivity index (χ0n) is 9.68. The third-order valence-electron chi connectivity index (χ3n) is 2.91. The van der Waals surface area contributed by atoms with E-state index >= 15 is 0 Å². The molecule has 0 radical (unpaired) electrons. The van der Waals surface area contributed by atoms with E-state index in [9.17, 15) is 9.18 Å². The van der Waals surface area contributed by atoms with Crippen molar-refractivity contribution >= 4 is 16.2 Å². The predicted molar refractivity (Wildman–Crippen MR) is 71.7 cm³/mol. The van der Waals surface area contributed by atoms with E-state index in [0.29, 0.717) is 11.1 Å². The molecule has 0 spiro atoms. The van der Waals surface area contributed by atoms with Crippen molar-refractivity contribution in [2.75, 3.05) is 0 Å². The number of hydrogen-bond donors (Lipinski definition) is 0. The lowest BCUT2D eigenvalue weighted by atomic mass is 10.1. The molecular weight excluding hydrogens is 249 g/mol. The Morgan fingerprint density at radius 2 is 1.89 bits per heavy atom. The van der Waals surface area contributed by atoms with Gasteiger partial charge in [0.25, 0.3) is 5.56 Å². The molecule has 2 heterocycles. The molecule has 0 saturated heterocycles. The van der Waals surface area contributed by atoms with Crippen LogP contribution in [0.25, 0.3) is 16.0 Å². The molecule has 0 aliphatic carbocycles. The molecule has 0 amide bonds. The van der Waals surface area contributed by atoms with Gasteiger partial charge in [-0.3, -0.25) is 9.20 Å². The van der Waals surface area contributed by atoms with Crippen LogP contribution >= 0.6 is 11.3 Å². The summed E-state index contributed by atoms with van der Waals surface area (Å²) < 4.78 is 15.4. The SMILES string of the molecule is Cc1csc2ccc(-c3ccccc3F)c(=O)n12. The molecule has 90 valence electrons. The first-order chi connectivity index (χ1) is 8.68. The second kappa shape index (κ2) is 4.07. The van der Waals surface area contributed by atoms with Crippen LogP contribution in [0.15, 0.2) is 46.6 Å². The molecule has 18 heavy (non-hydrogen) atoms. The van der Waals surface area contributed by atoms with Crippen LogP contribution in [-0.2, 0) is 0 Å². The first kappa shape index (κ1) is 11.2. The van der Waals surface area contributed by atoms with E-state index in [1.807, 2.05) is 18.4 Å². The minimum Gasteiger partial charge on any atom is -0.271 e. The number of fused-ring (bicyclic) bond motifs is 1. The van der Waals surface area contributed by atoms with Crippen LogP contribution in [0.1, 0.15) is 5.69 Å². The highest BCUT2D eigenvalue weighted by Crippen LogP contribution is 2.22. The van der Waals surface area contributed by atoms with E-state index in [4.69, 9.17) is 0 Å². The minimum atomic E-state index is -0.373. The molecule has 0 saturated carbocycles. The van der Waals surface area contributed by atoms with Crippen LogP contribution < -0.4 is 5.56 Å². The molecule has 0 aliphatic heterocycles. The van der Waals surface area contributed by atoms with Crippen LogP contribution in [0.5, 0.6) is 0 Å². The molecule has 0 unspecified atom stereocenters. The van der Waals surface area contributed by atoms with Crippen molar-refractivity contribution in [3.8, 4) is 11.1 Å². The fourth-order valence-electron chi connectivity index (χ4n) is 2.03. The van der Waals surface area contributed by atoms with Crippen molar-refractivity contribution < 1.29 is 4.39 Å². The van der Waals surface area contributed by atoms with Crippen LogP contribution in [0, 0.1) is 12.7 Å². The van der Waals surface area contributed by atoms with Gasteiger partial charge in [-0.1, -0.05) is 18.2 Å². The number of benzene rings is 1. The van der Waals surface area contributed by atoms with Crippen molar-refractivity contribution in [1.82, 2.24) is 4.40 Å². The van der Waals surface area contributed by atoms with Crippen LogP contribution in [0.3, 0.4) is 0 Å². The standard InChI is InChI=1S/C14H10FNOS/c1-9-8-18-13-7-6-11(14(17)16(9)13)10-4-2-3-5-12(10)15/h2-8H,1H3. The van der Waals surface area contributed by atoms with Gasteiger partial charge in [0.1, 0.15) is 10.6 Å². The smallest absolute Gasteiger partial charge is 0.263 e. The number of aryl methyl sites for hydroxylation is 1. The second-order valence-corrected chi connectivity index (χ2v) is 4.97. The number of rotatable bonds is 1. The Labute approximate surface area is 107 Å². The normalized spacial score (nSPS) is 11.0. The van der Waals surface area contributed by atoms with Gasteiger partial charge in [0, 0.05) is 16.6 Å². The van der Waals surface area contributed by atoms with Gasteiger partial charge in [0.05, 0.1) is 5.56 Å². The third-order valence-corrected chi connectivity index (χ3v) is 3.93. The molecule has 1 aromatic carbocycles. The maximum atomic E-state index is 13.7. The summed E-state index contributed by atoms with van der Waals surface area (Å²) in [5.41, 5.74) is 1.45. The average Bonchev–Trinajstić information content (AvgIpc) is 2.74. The van der Waals surface area contributed by atoms with Crippen LogP contribution in [0.4, 0.5) is 4.39 Å². The largest absolute Gasteiger partial charge is 0.271 e. The van der Waals surface area contributed by atoms with Gasteiger partial charge in [-0.25, -0.2) is 4.39 Å². The number of halogens is 1. The van der Waals surface area contributed by atoms with Crippen LogP contribution in [-0.4, -0.2) is 4.40 Å². The second-order valence-electron chi connectivity index (χ2n) is 4.08. The minimum absolute atomic E-state index is 0.170. The van der Waals surface area contributed by atoms with Gasteiger partial charge < -0.3 is 0 Å². The van der Waals surface area contributed by atoms with Gasteiger partial charge in [0.15, 0.2) is 0 Å². The van der Waals surface area contributed by atoms with E-state index < -0.39 is 0 Å². The van der Waals surface area contributed by atoms with E-state index in [0.717, 1.165) is 10.5 Å². The fraction of sp³-hybridized carbons (Fsp3) is 0.0714. The Morgan fingerprint density at radius 3 is 2.67 bits per heavy atom. The zero-order valence-corrected chi connectivity index (χ0v) is 10.5. The molecule has 0 bridgehead atoms. The van der Waals surface area contributed by atoms with Gasteiger partial charge in [-0.2, -0.15) is 0 Å². The molecule has 2 nitrogen and oxygen atoms in total. The molecule has 0 aliphatic rings. The molecule has 4 heteroatoms. The van der Waals surface area contributed by atoms with Gasteiger partial charge in [-0.05, 0) is 25.1 Å². The van der Waals surface area contributed by atoms with Crippen LogP contribution in [0.2, 0.25) is 0 Å². The lowest BCUT2D eigenvalue weighted by Crippen LogP contribution is -2.15. The predicted octanol–water partition coefficient (Wildman–Crippen LogP) is 3.48. The summed E-state index contributed by atoms with van der Waals surface area (Å²) >= 11 is 1.51. The highest BCUT2D eigenvalue weighted by molar-refractivity contribution is 7.15. The Bertz CT molecular complexity index is 788. The highest BCUT2D eigenvalue weighted by Gasteiger charge is 2.11. The zero-order chi connectivity index (χ0) is 12.7. The van der Waals surface area contributed by atoms with Crippen molar-refractivity contribution in [3.05, 3.63) is 63.6 Å². The number of aromatic nitrogens is 1. The fourth-order valence-corrected chi connectivity index (χ4v) is 2.91. The summed E-state index contributed by atoms with van der Waals surface area (Å²) in [4.78, 5) is 13.2. The van der Waals surface area contributed by atoms with Gasteiger partial charge in [0.2, 0.25) is 0 Å². The summed E-state index contributed by atoms with van der Waals surface area (Å²) in [5.74, 6) is -0.373. The first-order valence-electron chi connectivity index (χ1n) is 5.53. The Balaban J connectivity index is 2.38. The third kappa shape index (κ3) is 1.57. The summed E-state index contributed by atoms with van der Waals surface area (Å²) in [7, 11) is 0. The monoisotopic (exact) mass is 259 g/mol. The first-order valence-corrected chi connectivity index (χ1v) is 6.41. The Hall–Kier alpha value is -1.94. The van der Waals surface area contributed by atoms with E-state index in [-0.39, 0.29) is 11.4 Å². The summed E-state index contributed by atoms with van der Waals surface area (Å²) in [6, 6.07) is 9.87. The van der Waals surface area contributed by atoms with E-state index in [1.165, 1.54) is 17.4 Å². The maximum Gasteiger partial charge on any atom is 0.263 e. The van der Waals surface area contributed by atoms with Crippen molar-refractivity contribution in [2.24, 2.45) is 0 Å². The van der Waals surface area contributed by atoms with E-state index in [1.54, 1.807) is 28.7 Å². The molecular formula is C14H10FNOS.